The molecule has 1 aromatic heterocycles. The summed E-state index contributed by atoms with van der Waals surface area (Å²) in [5.74, 6) is 0.592. The molecule has 1 aliphatic heterocycles. The van der Waals surface area contributed by atoms with E-state index in [0.717, 1.165) is 13.0 Å². The van der Waals surface area contributed by atoms with Crippen LogP contribution in [0.15, 0.2) is 0 Å². The molecule has 1 aliphatic rings. The van der Waals surface area contributed by atoms with Crippen molar-refractivity contribution < 1.29 is 4.79 Å². The number of carbonyl (C=O) groups is 1. The highest BCUT2D eigenvalue weighted by Crippen LogP contribution is 2.24. The van der Waals surface area contributed by atoms with Gasteiger partial charge in [0, 0.05) is 19.6 Å². The summed E-state index contributed by atoms with van der Waals surface area (Å²) in [6, 6.07) is 0.306. The molecule has 2 atom stereocenters. The van der Waals surface area contributed by atoms with E-state index >= 15 is 0 Å². The van der Waals surface area contributed by atoms with Gasteiger partial charge in [-0.3, -0.25) is 4.79 Å². The van der Waals surface area contributed by atoms with Crippen LogP contribution in [-0.4, -0.2) is 40.6 Å². The van der Waals surface area contributed by atoms with E-state index in [9.17, 15) is 4.79 Å². The van der Waals surface area contributed by atoms with Crippen molar-refractivity contribution in [3.05, 3.63) is 5.01 Å². The first kappa shape index (κ1) is 12.3. The third-order valence-electron chi connectivity index (χ3n) is 3.20. The first-order valence-electron chi connectivity index (χ1n) is 5.94. The third kappa shape index (κ3) is 2.57. The van der Waals surface area contributed by atoms with Gasteiger partial charge in [-0.1, -0.05) is 18.3 Å². The molecule has 6 heteroatoms. The first-order valence-corrected chi connectivity index (χ1v) is 6.75. The second kappa shape index (κ2) is 5.00. The summed E-state index contributed by atoms with van der Waals surface area (Å²) in [5, 5.41) is 11.9. The van der Waals surface area contributed by atoms with Gasteiger partial charge in [0.15, 0.2) is 0 Å². The highest BCUT2D eigenvalue weighted by Gasteiger charge is 2.29. The van der Waals surface area contributed by atoms with E-state index in [1.807, 2.05) is 4.90 Å². The maximum absolute atomic E-state index is 12.3. The van der Waals surface area contributed by atoms with Crippen molar-refractivity contribution in [3.63, 3.8) is 0 Å². The zero-order chi connectivity index (χ0) is 12.4. The molecular formula is C11H18N4OS. The smallest absolute Gasteiger partial charge is 0.285 e. The Kier molecular flexibility index (Phi) is 3.61. The van der Waals surface area contributed by atoms with Gasteiger partial charge in [-0.15, -0.1) is 10.2 Å². The number of amides is 1. The number of likely N-dealkylation sites (tertiary alicyclic amines) is 1. The van der Waals surface area contributed by atoms with Crippen molar-refractivity contribution in [1.82, 2.24) is 15.1 Å². The van der Waals surface area contributed by atoms with Crippen LogP contribution in [0, 0.1) is 5.92 Å². The second-order valence-corrected chi connectivity index (χ2v) is 5.63. The molecule has 17 heavy (non-hydrogen) atoms. The lowest BCUT2D eigenvalue weighted by Gasteiger charge is -2.36. The number of aromatic nitrogens is 2. The van der Waals surface area contributed by atoms with Crippen LogP contribution in [0.5, 0.6) is 0 Å². The van der Waals surface area contributed by atoms with Crippen LogP contribution in [0.2, 0.25) is 0 Å². The van der Waals surface area contributed by atoms with E-state index in [1.54, 1.807) is 7.05 Å². The van der Waals surface area contributed by atoms with Crippen LogP contribution in [0.4, 0.5) is 5.13 Å². The van der Waals surface area contributed by atoms with Crippen LogP contribution in [0.25, 0.3) is 0 Å². The summed E-state index contributed by atoms with van der Waals surface area (Å²) >= 11 is 1.31. The maximum atomic E-state index is 12.3. The highest BCUT2D eigenvalue weighted by molar-refractivity contribution is 7.17. The monoisotopic (exact) mass is 254 g/mol. The fourth-order valence-electron chi connectivity index (χ4n) is 2.11. The van der Waals surface area contributed by atoms with Crippen LogP contribution < -0.4 is 5.32 Å². The van der Waals surface area contributed by atoms with E-state index in [1.165, 1.54) is 17.8 Å². The maximum Gasteiger partial charge on any atom is 0.285 e. The van der Waals surface area contributed by atoms with Crippen LogP contribution in [0.1, 0.15) is 36.5 Å². The SMILES string of the molecule is CNc1nnc(C(=O)N2CC(C)CCC2C)s1. The van der Waals surface area contributed by atoms with E-state index in [-0.39, 0.29) is 5.91 Å². The van der Waals surface area contributed by atoms with E-state index in [4.69, 9.17) is 0 Å². The summed E-state index contributed by atoms with van der Waals surface area (Å²) in [6.07, 6.45) is 2.27. The van der Waals surface area contributed by atoms with Gasteiger partial charge in [0.05, 0.1) is 0 Å². The summed E-state index contributed by atoms with van der Waals surface area (Å²) in [5.41, 5.74) is 0. The number of rotatable bonds is 2. The van der Waals surface area contributed by atoms with Crippen LogP contribution in [-0.2, 0) is 0 Å². The summed E-state index contributed by atoms with van der Waals surface area (Å²) in [4.78, 5) is 14.2. The normalized spacial score (nSPS) is 24.8. The molecule has 1 fully saturated rings. The molecule has 1 amide bonds. The average molecular weight is 254 g/mol. The van der Waals surface area contributed by atoms with Gasteiger partial charge in [-0.05, 0) is 25.7 Å². The molecule has 94 valence electrons. The molecule has 0 bridgehead atoms. The number of nitrogens with zero attached hydrogens (tertiary/aromatic N) is 3. The van der Waals surface area contributed by atoms with Gasteiger partial charge in [-0.25, -0.2) is 0 Å². The fourth-order valence-corrected chi connectivity index (χ4v) is 2.76. The Morgan fingerprint density at radius 3 is 2.82 bits per heavy atom. The predicted octanol–water partition coefficient (Wildman–Crippen LogP) is 1.84. The largest absolute Gasteiger partial charge is 0.363 e. The van der Waals surface area contributed by atoms with Crippen molar-refractivity contribution in [3.8, 4) is 0 Å². The highest BCUT2D eigenvalue weighted by atomic mass is 32.1. The van der Waals surface area contributed by atoms with Gasteiger partial charge in [0.2, 0.25) is 10.1 Å². The van der Waals surface area contributed by atoms with Gasteiger partial charge < -0.3 is 10.2 Å². The Balaban J connectivity index is 2.12. The van der Waals surface area contributed by atoms with Crippen molar-refractivity contribution in [2.75, 3.05) is 18.9 Å². The Bertz CT molecular complexity index is 406. The number of hydrogen-bond acceptors (Lipinski definition) is 5. The topological polar surface area (TPSA) is 58.1 Å². The fraction of sp³-hybridized carbons (Fsp3) is 0.727. The lowest BCUT2D eigenvalue weighted by Crippen LogP contribution is -2.44. The lowest BCUT2D eigenvalue weighted by molar-refractivity contribution is 0.0573. The molecule has 0 aliphatic carbocycles. The molecule has 2 rings (SSSR count). The summed E-state index contributed by atoms with van der Waals surface area (Å²) in [7, 11) is 1.78. The molecule has 2 heterocycles. The molecule has 1 aromatic rings. The number of anilines is 1. The Morgan fingerprint density at radius 2 is 2.18 bits per heavy atom. The molecule has 2 unspecified atom stereocenters. The van der Waals surface area contributed by atoms with Gasteiger partial charge in [-0.2, -0.15) is 0 Å². The zero-order valence-corrected chi connectivity index (χ0v) is 11.3. The molecule has 1 N–H and O–H groups in total. The second-order valence-electron chi connectivity index (χ2n) is 4.65. The van der Waals surface area contributed by atoms with E-state index in [0.29, 0.717) is 22.1 Å². The van der Waals surface area contributed by atoms with Gasteiger partial charge in [0.1, 0.15) is 0 Å². The molecule has 0 aromatic carbocycles. The van der Waals surface area contributed by atoms with E-state index in [2.05, 4.69) is 29.4 Å². The molecule has 0 radical (unpaired) electrons. The Labute approximate surface area is 105 Å². The predicted molar refractivity (Wildman–Crippen MR) is 68.4 cm³/mol. The summed E-state index contributed by atoms with van der Waals surface area (Å²) < 4.78 is 0. The number of nitrogens with one attached hydrogen (secondary N) is 1. The van der Waals surface area contributed by atoms with Crippen molar-refractivity contribution >= 4 is 22.4 Å². The number of hydrogen-bond donors (Lipinski definition) is 1. The average Bonchev–Trinajstić information content (AvgIpc) is 2.80. The minimum absolute atomic E-state index is 0.0167. The van der Waals surface area contributed by atoms with Crippen LogP contribution >= 0.6 is 11.3 Å². The number of piperidine rings is 1. The molecule has 0 saturated carbocycles. The number of carbonyl (C=O) groups excluding carboxylic acids is 1. The lowest BCUT2D eigenvalue weighted by atomic mass is 9.95. The van der Waals surface area contributed by atoms with Gasteiger partial charge in [0.25, 0.3) is 5.91 Å². The quantitative estimate of drug-likeness (QED) is 0.875. The summed E-state index contributed by atoms with van der Waals surface area (Å²) in [6.45, 7) is 5.11. The Morgan fingerprint density at radius 1 is 1.41 bits per heavy atom. The first-order chi connectivity index (χ1) is 8.11. The minimum Gasteiger partial charge on any atom is -0.363 e. The third-order valence-corrected chi connectivity index (χ3v) is 4.13. The van der Waals surface area contributed by atoms with Crippen molar-refractivity contribution in [1.29, 1.82) is 0 Å². The van der Waals surface area contributed by atoms with Crippen molar-refractivity contribution in [2.45, 2.75) is 32.7 Å². The Hall–Kier alpha value is -1.17. The van der Waals surface area contributed by atoms with Crippen LogP contribution in [0.3, 0.4) is 0 Å². The van der Waals surface area contributed by atoms with E-state index < -0.39 is 0 Å². The van der Waals surface area contributed by atoms with Gasteiger partial charge >= 0.3 is 0 Å². The van der Waals surface area contributed by atoms with Crippen molar-refractivity contribution in [2.24, 2.45) is 5.92 Å². The minimum atomic E-state index is 0.0167. The zero-order valence-electron chi connectivity index (χ0n) is 10.4. The molecular weight excluding hydrogens is 236 g/mol. The molecule has 1 saturated heterocycles. The molecule has 5 nitrogen and oxygen atoms in total. The molecule has 0 spiro atoms. The standard InChI is InChI=1S/C11H18N4OS/c1-7-4-5-8(2)15(6-7)10(16)9-13-14-11(12-3)17-9/h7-8H,4-6H2,1-3H3,(H,12,14).